The summed E-state index contributed by atoms with van der Waals surface area (Å²) in [6.45, 7) is 4.42. The van der Waals surface area contributed by atoms with Crippen LogP contribution >= 0.6 is 0 Å². The van der Waals surface area contributed by atoms with Gasteiger partial charge in [-0.3, -0.25) is 9.59 Å². The summed E-state index contributed by atoms with van der Waals surface area (Å²) in [5.74, 6) is -0.813. The zero-order valence-electron chi connectivity index (χ0n) is 12.6. The van der Waals surface area contributed by atoms with E-state index in [0.717, 1.165) is 24.0 Å². The Balaban J connectivity index is 1.74. The molecule has 22 heavy (non-hydrogen) atoms. The lowest BCUT2D eigenvalue weighted by atomic mass is 10.1. The molecule has 1 aliphatic rings. The standard InChI is InChI=1S/C17H21N3O2/c18-17(22)12-16(21)14-3-4-15-13(11-14)5-8-20(15)10-9-19-6-1-2-7-19/h3-5,8,11H,1-2,6-7,9-10,12H2,(H2,18,22). The van der Waals surface area contributed by atoms with Crippen LogP contribution in [0.3, 0.4) is 0 Å². The first-order chi connectivity index (χ1) is 10.6. The molecule has 0 spiro atoms. The maximum absolute atomic E-state index is 11.9. The van der Waals surface area contributed by atoms with Crippen LogP contribution < -0.4 is 5.73 Å². The van der Waals surface area contributed by atoms with Gasteiger partial charge in [0.1, 0.15) is 0 Å². The Morgan fingerprint density at radius 3 is 2.59 bits per heavy atom. The molecule has 0 aliphatic carbocycles. The van der Waals surface area contributed by atoms with Crippen molar-refractivity contribution in [3.63, 3.8) is 0 Å². The summed E-state index contributed by atoms with van der Waals surface area (Å²) >= 11 is 0. The minimum absolute atomic E-state index is 0.223. The topological polar surface area (TPSA) is 68.3 Å². The molecule has 0 atom stereocenters. The van der Waals surface area contributed by atoms with Crippen molar-refractivity contribution in [1.29, 1.82) is 0 Å². The van der Waals surface area contributed by atoms with E-state index in [1.165, 1.54) is 25.9 Å². The highest BCUT2D eigenvalue weighted by atomic mass is 16.2. The second kappa shape index (κ2) is 6.32. The molecule has 1 saturated heterocycles. The first-order valence-corrected chi connectivity index (χ1v) is 7.76. The Kier molecular flexibility index (Phi) is 4.24. The van der Waals surface area contributed by atoms with Crippen molar-refractivity contribution in [2.75, 3.05) is 19.6 Å². The predicted octanol–water partition coefficient (Wildman–Crippen LogP) is 1.80. The molecule has 5 nitrogen and oxygen atoms in total. The van der Waals surface area contributed by atoms with Gasteiger partial charge in [0.25, 0.3) is 0 Å². The number of nitrogens with zero attached hydrogens (tertiary/aromatic N) is 2. The summed E-state index contributed by atoms with van der Waals surface area (Å²) in [6.07, 6.45) is 4.43. The van der Waals surface area contributed by atoms with E-state index in [1.807, 2.05) is 18.2 Å². The van der Waals surface area contributed by atoms with Crippen LogP contribution in [0.4, 0.5) is 0 Å². The number of aromatic nitrogens is 1. The van der Waals surface area contributed by atoms with Crippen molar-refractivity contribution in [3.05, 3.63) is 36.0 Å². The van der Waals surface area contributed by atoms with E-state index < -0.39 is 5.91 Å². The Hall–Kier alpha value is -2.14. The van der Waals surface area contributed by atoms with E-state index in [2.05, 4.69) is 15.7 Å². The van der Waals surface area contributed by atoms with Gasteiger partial charge in [-0.2, -0.15) is 0 Å². The van der Waals surface area contributed by atoms with Crippen molar-refractivity contribution >= 4 is 22.6 Å². The van der Waals surface area contributed by atoms with E-state index >= 15 is 0 Å². The summed E-state index contributed by atoms with van der Waals surface area (Å²) in [6, 6.07) is 7.58. The molecule has 2 heterocycles. The lowest BCUT2D eigenvalue weighted by Crippen LogP contribution is -2.23. The molecule has 2 N–H and O–H groups in total. The fraction of sp³-hybridized carbons (Fsp3) is 0.412. The minimum atomic E-state index is -0.590. The van der Waals surface area contributed by atoms with Crippen LogP contribution in [0.2, 0.25) is 0 Å². The van der Waals surface area contributed by atoms with Crippen molar-refractivity contribution < 1.29 is 9.59 Å². The van der Waals surface area contributed by atoms with Gasteiger partial charge < -0.3 is 15.2 Å². The van der Waals surface area contributed by atoms with Crippen molar-refractivity contribution in [2.24, 2.45) is 5.73 Å². The summed E-state index contributed by atoms with van der Waals surface area (Å²) < 4.78 is 2.22. The van der Waals surface area contributed by atoms with Gasteiger partial charge in [0.2, 0.25) is 5.91 Å². The number of carbonyl (C=O) groups is 2. The molecule has 3 rings (SSSR count). The summed E-state index contributed by atoms with van der Waals surface area (Å²) in [7, 11) is 0. The largest absolute Gasteiger partial charge is 0.369 e. The third kappa shape index (κ3) is 3.20. The number of benzene rings is 1. The van der Waals surface area contributed by atoms with Crippen LogP contribution in [-0.2, 0) is 11.3 Å². The van der Waals surface area contributed by atoms with Crippen LogP contribution in [-0.4, -0.2) is 40.8 Å². The number of likely N-dealkylation sites (tertiary alicyclic amines) is 1. The number of carbonyl (C=O) groups excluding carboxylic acids is 2. The average molecular weight is 299 g/mol. The predicted molar refractivity (Wildman–Crippen MR) is 85.8 cm³/mol. The zero-order valence-corrected chi connectivity index (χ0v) is 12.6. The monoisotopic (exact) mass is 299 g/mol. The number of nitrogens with two attached hydrogens (primary N) is 1. The van der Waals surface area contributed by atoms with E-state index in [9.17, 15) is 9.59 Å². The Morgan fingerprint density at radius 1 is 1.09 bits per heavy atom. The van der Waals surface area contributed by atoms with Gasteiger partial charge in [-0.05, 0) is 50.2 Å². The van der Waals surface area contributed by atoms with Crippen molar-refractivity contribution in [2.45, 2.75) is 25.8 Å². The normalized spacial score (nSPS) is 15.5. The van der Waals surface area contributed by atoms with Gasteiger partial charge in [-0.25, -0.2) is 0 Å². The van der Waals surface area contributed by atoms with Crippen LogP contribution in [0.15, 0.2) is 30.5 Å². The molecule has 0 unspecified atom stereocenters. The molecule has 116 valence electrons. The van der Waals surface area contributed by atoms with Crippen molar-refractivity contribution in [1.82, 2.24) is 9.47 Å². The van der Waals surface area contributed by atoms with Gasteiger partial charge in [0.05, 0.1) is 6.42 Å². The van der Waals surface area contributed by atoms with E-state index in [-0.39, 0.29) is 12.2 Å². The zero-order chi connectivity index (χ0) is 15.5. The molecule has 1 aromatic heterocycles. The third-order valence-corrected chi connectivity index (χ3v) is 4.28. The lowest BCUT2D eigenvalue weighted by molar-refractivity contribution is -0.117. The molecule has 1 fully saturated rings. The number of rotatable bonds is 6. The molecule has 2 aromatic rings. The van der Waals surface area contributed by atoms with Crippen LogP contribution in [0, 0.1) is 0 Å². The number of Topliss-reactive ketones (excluding diaryl/α,β-unsaturated/α-hetero) is 1. The minimum Gasteiger partial charge on any atom is -0.369 e. The second-order valence-corrected chi connectivity index (χ2v) is 5.90. The third-order valence-electron chi connectivity index (χ3n) is 4.28. The molecule has 5 heteroatoms. The summed E-state index contributed by atoms with van der Waals surface area (Å²) in [5, 5.41) is 1.02. The lowest BCUT2D eigenvalue weighted by Gasteiger charge is -2.15. The Labute approximate surface area is 129 Å². The number of fused-ring (bicyclic) bond motifs is 1. The highest BCUT2D eigenvalue weighted by Gasteiger charge is 2.13. The highest BCUT2D eigenvalue weighted by molar-refractivity contribution is 6.08. The van der Waals surface area contributed by atoms with Crippen molar-refractivity contribution in [3.8, 4) is 0 Å². The maximum Gasteiger partial charge on any atom is 0.225 e. The number of primary amides is 1. The van der Waals surface area contributed by atoms with Crippen LogP contribution in [0.1, 0.15) is 29.6 Å². The SMILES string of the molecule is NC(=O)CC(=O)c1ccc2c(ccn2CCN2CCCC2)c1. The van der Waals surface area contributed by atoms with E-state index in [1.54, 1.807) is 6.07 Å². The number of ketones is 1. The molecule has 0 radical (unpaired) electrons. The molecule has 0 bridgehead atoms. The smallest absolute Gasteiger partial charge is 0.225 e. The summed E-state index contributed by atoms with van der Waals surface area (Å²) in [4.78, 5) is 25.2. The molecule has 1 amide bonds. The quantitative estimate of drug-likeness (QED) is 0.653. The average Bonchev–Trinajstić information content (AvgIpc) is 3.13. The number of hydrogen-bond acceptors (Lipinski definition) is 3. The second-order valence-electron chi connectivity index (χ2n) is 5.90. The Bertz CT molecular complexity index is 699. The van der Waals surface area contributed by atoms with Gasteiger partial charge in [0, 0.05) is 35.8 Å². The summed E-state index contributed by atoms with van der Waals surface area (Å²) in [5.41, 5.74) is 6.74. The molecule has 1 aliphatic heterocycles. The maximum atomic E-state index is 11.9. The van der Waals surface area contributed by atoms with Crippen LogP contribution in [0.25, 0.3) is 10.9 Å². The highest BCUT2D eigenvalue weighted by Crippen LogP contribution is 2.19. The number of hydrogen-bond donors (Lipinski definition) is 1. The van der Waals surface area contributed by atoms with Gasteiger partial charge in [0.15, 0.2) is 5.78 Å². The van der Waals surface area contributed by atoms with Gasteiger partial charge in [-0.15, -0.1) is 0 Å². The molecular weight excluding hydrogens is 278 g/mol. The first-order valence-electron chi connectivity index (χ1n) is 7.76. The fourth-order valence-corrected chi connectivity index (χ4v) is 3.08. The first kappa shape index (κ1) is 14.8. The fourth-order valence-electron chi connectivity index (χ4n) is 3.08. The van der Waals surface area contributed by atoms with E-state index in [0.29, 0.717) is 5.56 Å². The molecule has 0 saturated carbocycles. The Morgan fingerprint density at radius 2 is 1.86 bits per heavy atom. The van der Waals surface area contributed by atoms with Gasteiger partial charge in [-0.1, -0.05) is 0 Å². The molecule has 1 aromatic carbocycles. The van der Waals surface area contributed by atoms with Crippen LogP contribution in [0.5, 0.6) is 0 Å². The van der Waals surface area contributed by atoms with Gasteiger partial charge >= 0.3 is 0 Å². The molecular formula is C17H21N3O2. The van der Waals surface area contributed by atoms with E-state index in [4.69, 9.17) is 5.73 Å². The number of amides is 1.